The van der Waals surface area contributed by atoms with E-state index in [1.54, 1.807) is 6.20 Å². The summed E-state index contributed by atoms with van der Waals surface area (Å²) in [5.41, 5.74) is 0.876. The first-order valence-electron chi connectivity index (χ1n) is 6.16. The second-order valence-corrected chi connectivity index (χ2v) is 4.63. The molecule has 0 saturated heterocycles. The molecule has 0 aliphatic rings. The number of rotatable bonds is 5. The molecule has 0 bridgehead atoms. The molecule has 18 heavy (non-hydrogen) atoms. The number of hydrogen-bond donors (Lipinski definition) is 1. The topological polar surface area (TPSA) is 38.1 Å². The van der Waals surface area contributed by atoms with Crippen molar-refractivity contribution in [3.8, 4) is 11.3 Å². The third-order valence-corrected chi connectivity index (χ3v) is 3.06. The zero-order valence-electron chi connectivity index (χ0n) is 10.6. The minimum absolute atomic E-state index is 0.112. The summed E-state index contributed by atoms with van der Waals surface area (Å²) in [5.74, 6) is 1.40. The van der Waals surface area contributed by atoms with Gasteiger partial charge in [-0.05, 0) is 32.0 Å². The van der Waals surface area contributed by atoms with Gasteiger partial charge in [-0.2, -0.15) is 0 Å². The van der Waals surface area contributed by atoms with Gasteiger partial charge >= 0.3 is 0 Å². The fourth-order valence-corrected chi connectivity index (χ4v) is 1.95. The first-order valence-corrected chi connectivity index (χ1v) is 6.54. The molecule has 1 aromatic carbocycles. The van der Waals surface area contributed by atoms with E-state index in [1.807, 2.05) is 31.2 Å². The summed E-state index contributed by atoms with van der Waals surface area (Å²) >= 11 is 6.13. The summed E-state index contributed by atoms with van der Waals surface area (Å²) in [6.45, 7) is 5.12. The second kappa shape index (κ2) is 6.03. The van der Waals surface area contributed by atoms with Gasteiger partial charge in [0.1, 0.15) is 0 Å². The predicted octanol–water partition coefficient (Wildman–Crippen LogP) is 4.06. The number of oxazole rings is 1. The molecule has 2 aromatic rings. The van der Waals surface area contributed by atoms with Crippen molar-refractivity contribution in [1.29, 1.82) is 0 Å². The molecular weight excluding hydrogens is 248 g/mol. The van der Waals surface area contributed by atoms with Crippen LogP contribution in [0.1, 0.15) is 32.2 Å². The molecule has 2 rings (SSSR count). The van der Waals surface area contributed by atoms with Crippen LogP contribution in [-0.2, 0) is 0 Å². The Labute approximate surface area is 112 Å². The summed E-state index contributed by atoms with van der Waals surface area (Å²) in [7, 11) is 0. The molecular formula is C14H17ClN2O. The lowest BCUT2D eigenvalue weighted by atomic mass is 10.2. The van der Waals surface area contributed by atoms with Crippen LogP contribution in [0.3, 0.4) is 0 Å². The molecule has 1 atom stereocenters. The van der Waals surface area contributed by atoms with Crippen molar-refractivity contribution in [2.24, 2.45) is 0 Å². The average Bonchev–Trinajstić information content (AvgIpc) is 2.86. The third-order valence-electron chi connectivity index (χ3n) is 2.73. The molecule has 0 aliphatic heterocycles. The van der Waals surface area contributed by atoms with Gasteiger partial charge in [0.05, 0.1) is 17.3 Å². The van der Waals surface area contributed by atoms with E-state index in [-0.39, 0.29) is 6.04 Å². The van der Waals surface area contributed by atoms with E-state index in [2.05, 4.69) is 17.2 Å². The van der Waals surface area contributed by atoms with Gasteiger partial charge in [-0.25, -0.2) is 4.98 Å². The van der Waals surface area contributed by atoms with Crippen LogP contribution in [0.15, 0.2) is 34.9 Å². The van der Waals surface area contributed by atoms with Crippen LogP contribution in [0.25, 0.3) is 11.3 Å². The molecule has 3 nitrogen and oxygen atoms in total. The highest BCUT2D eigenvalue weighted by molar-refractivity contribution is 6.33. The Hall–Kier alpha value is -1.32. The Morgan fingerprint density at radius 3 is 2.89 bits per heavy atom. The predicted molar refractivity (Wildman–Crippen MR) is 73.7 cm³/mol. The van der Waals surface area contributed by atoms with Gasteiger partial charge in [0, 0.05) is 5.56 Å². The molecule has 0 saturated carbocycles. The van der Waals surface area contributed by atoms with Crippen molar-refractivity contribution >= 4 is 11.6 Å². The Bertz CT molecular complexity index is 510. The molecule has 4 heteroatoms. The summed E-state index contributed by atoms with van der Waals surface area (Å²) in [6, 6.07) is 7.71. The largest absolute Gasteiger partial charge is 0.439 e. The van der Waals surface area contributed by atoms with Crippen LogP contribution in [0.2, 0.25) is 5.02 Å². The second-order valence-electron chi connectivity index (χ2n) is 4.22. The van der Waals surface area contributed by atoms with E-state index in [9.17, 15) is 0 Å². The van der Waals surface area contributed by atoms with E-state index in [0.717, 1.165) is 18.5 Å². The van der Waals surface area contributed by atoms with E-state index in [1.165, 1.54) is 0 Å². The molecule has 1 heterocycles. The average molecular weight is 265 g/mol. The minimum Gasteiger partial charge on any atom is -0.439 e. The maximum absolute atomic E-state index is 6.13. The number of nitrogens with one attached hydrogen (secondary N) is 1. The zero-order valence-corrected chi connectivity index (χ0v) is 11.4. The third kappa shape index (κ3) is 2.92. The monoisotopic (exact) mass is 264 g/mol. The molecule has 1 unspecified atom stereocenters. The molecule has 0 fully saturated rings. The van der Waals surface area contributed by atoms with Crippen molar-refractivity contribution in [2.45, 2.75) is 26.3 Å². The number of nitrogens with zero attached hydrogens (tertiary/aromatic N) is 1. The van der Waals surface area contributed by atoms with E-state index in [0.29, 0.717) is 16.7 Å². The van der Waals surface area contributed by atoms with Crippen LogP contribution in [0, 0.1) is 0 Å². The van der Waals surface area contributed by atoms with Gasteiger partial charge in [0.15, 0.2) is 5.76 Å². The number of halogens is 1. The highest BCUT2D eigenvalue weighted by atomic mass is 35.5. The minimum atomic E-state index is 0.112. The highest BCUT2D eigenvalue weighted by Gasteiger charge is 2.13. The van der Waals surface area contributed by atoms with Crippen LogP contribution in [0.4, 0.5) is 0 Å². The van der Waals surface area contributed by atoms with E-state index < -0.39 is 0 Å². The van der Waals surface area contributed by atoms with Gasteiger partial charge in [0.25, 0.3) is 0 Å². The fourth-order valence-electron chi connectivity index (χ4n) is 1.72. The van der Waals surface area contributed by atoms with E-state index in [4.69, 9.17) is 16.0 Å². The maximum atomic E-state index is 6.13. The van der Waals surface area contributed by atoms with Gasteiger partial charge in [-0.3, -0.25) is 0 Å². The van der Waals surface area contributed by atoms with E-state index >= 15 is 0 Å². The number of hydrogen-bond acceptors (Lipinski definition) is 3. The first-order chi connectivity index (χ1) is 8.72. The van der Waals surface area contributed by atoms with Crippen molar-refractivity contribution in [2.75, 3.05) is 6.54 Å². The molecule has 0 amide bonds. The van der Waals surface area contributed by atoms with Crippen LogP contribution in [-0.4, -0.2) is 11.5 Å². The molecule has 0 spiro atoms. The summed E-state index contributed by atoms with van der Waals surface area (Å²) in [4.78, 5) is 4.30. The standard InChI is InChI=1S/C14H17ClN2O/c1-3-8-16-10(2)14-17-9-13(18-14)11-6-4-5-7-12(11)15/h4-7,9-10,16H,3,8H2,1-2H3. The summed E-state index contributed by atoms with van der Waals surface area (Å²) < 4.78 is 5.75. The molecule has 96 valence electrons. The zero-order chi connectivity index (χ0) is 13.0. The van der Waals surface area contributed by atoms with Gasteiger partial charge < -0.3 is 9.73 Å². The van der Waals surface area contributed by atoms with Crippen molar-refractivity contribution in [1.82, 2.24) is 10.3 Å². The van der Waals surface area contributed by atoms with Gasteiger partial charge in [0.2, 0.25) is 5.89 Å². The lowest BCUT2D eigenvalue weighted by Crippen LogP contribution is -2.19. The smallest absolute Gasteiger partial charge is 0.211 e. The van der Waals surface area contributed by atoms with Crippen LogP contribution >= 0.6 is 11.6 Å². The lowest BCUT2D eigenvalue weighted by molar-refractivity contribution is 0.423. The fraction of sp³-hybridized carbons (Fsp3) is 0.357. The summed E-state index contributed by atoms with van der Waals surface area (Å²) in [5, 5.41) is 4.01. The van der Waals surface area contributed by atoms with Gasteiger partial charge in [-0.1, -0.05) is 30.7 Å². The van der Waals surface area contributed by atoms with Crippen LogP contribution < -0.4 is 5.32 Å². The SMILES string of the molecule is CCCNC(C)c1ncc(-c2ccccc2Cl)o1. The molecule has 1 aromatic heterocycles. The number of aromatic nitrogens is 1. The highest BCUT2D eigenvalue weighted by Crippen LogP contribution is 2.29. The van der Waals surface area contributed by atoms with Crippen LogP contribution in [0.5, 0.6) is 0 Å². The maximum Gasteiger partial charge on any atom is 0.211 e. The van der Waals surface area contributed by atoms with Crippen molar-refractivity contribution in [3.63, 3.8) is 0 Å². The number of benzene rings is 1. The Morgan fingerprint density at radius 2 is 2.17 bits per heavy atom. The molecule has 1 N–H and O–H groups in total. The normalized spacial score (nSPS) is 12.6. The Morgan fingerprint density at radius 1 is 1.39 bits per heavy atom. The summed E-state index contributed by atoms with van der Waals surface area (Å²) in [6.07, 6.45) is 2.81. The molecule has 0 aliphatic carbocycles. The Balaban J connectivity index is 2.18. The van der Waals surface area contributed by atoms with Crippen molar-refractivity contribution < 1.29 is 4.42 Å². The molecule has 0 radical (unpaired) electrons. The van der Waals surface area contributed by atoms with Gasteiger partial charge in [-0.15, -0.1) is 0 Å². The lowest BCUT2D eigenvalue weighted by Gasteiger charge is -2.08. The Kier molecular flexibility index (Phi) is 4.39. The first kappa shape index (κ1) is 13.1. The quantitative estimate of drug-likeness (QED) is 0.885. The van der Waals surface area contributed by atoms with Crippen molar-refractivity contribution in [3.05, 3.63) is 41.4 Å².